The fourth-order valence-electron chi connectivity index (χ4n) is 2.43. The van der Waals surface area contributed by atoms with Crippen LogP contribution in [0.5, 0.6) is 0 Å². The van der Waals surface area contributed by atoms with E-state index in [0.29, 0.717) is 0 Å². The Morgan fingerprint density at radius 1 is 1.06 bits per heavy atom. The van der Waals surface area contributed by atoms with Crippen molar-refractivity contribution in [3.63, 3.8) is 0 Å². The van der Waals surface area contributed by atoms with E-state index in [1.165, 1.54) is 0 Å². The number of hydrogen-bond acceptors (Lipinski definition) is 3. The summed E-state index contributed by atoms with van der Waals surface area (Å²) in [6, 6.07) is 18.4. The molecular formula is C15H13N3. The van der Waals surface area contributed by atoms with Crippen molar-refractivity contribution < 1.29 is 0 Å². The molecule has 88 valence electrons. The second-order valence-corrected chi connectivity index (χ2v) is 4.39. The third-order valence-corrected chi connectivity index (χ3v) is 3.23. The number of nitrogens with zero attached hydrogens (tertiary/aromatic N) is 3. The van der Waals surface area contributed by atoms with Crippen molar-refractivity contribution in [2.75, 3.05) is 23.5 Å². The molecule has 1 heterocycles. The van der Waals surface area contributed by atoms with E-state index in [-0.39, 0.29) is 0 Å². The zero-order chi connectivity index (χ0) is 12.5. The van der Waals surface area contributed by atoms with Gasteiger partial charge in [-0.15, -0.1) is 0 Å². The lowest BCUT2D eigenvalue weighted by Gasteiger charge is -2.19. The number of hydrogen-bond donors (Lipinski definition) is 0. The van der Waals surface area contributed by atoms with E-state index in [0.717, 1.165) is 29.3 Å². The highest BCUT2D eigenvalue weighted by Gasteiger charge is 2.26. The lowest BCUT2D eigenvalue weighted by atomic mass is 10.1. The van der Waals surface area contributed by atoms with Gasteiger partial charge in [0.05, 0.1) is 23.6 Å². The molecule has 0 fully saturated rings. The first-order valence-corrected chi connectivity index (χ1v) is 5.88. The van der Waals surface area contributed by atoms with Gasteiger partial charge in [-0.2, -0.15) is 5.26 Å². The van der Waals surface area contributed by atoms with E-state index >= 15 is 0 Å². The molecule has 0 spiro atoms. The normalized spacial score (nSPS) is 13.3. The summed E-state index contributed by atoms with van der Waals surface area (Å²) < 4.78 is 0. The average molecular weight is 235 g/mol. The van der Waals surface area contributed by atoms with E-state index < -0.39 is 0 Å². The van der Waals surface area contributed by atoms with Crippen LogP contribution in [0.3, 0.4) is 0 Å². The van der Waals surface area contributed by atoms with Crippen LogP contribution in [0.4, 0.5) is 17.1 Å². The maximum atomic E-state index is 9.18. The van der Waals surface area contributed by atoms with Gasteiger partial charge in [0, 0.05) is 12.7 Å². The van der Waals surface area contributed by atoms with E-state index in [2.05, 4.69) is 34.1 Å². The molecule has 0 bridgehead atoms. The Kier molecular flexibility index (Phi) is 2.42. The number of anilines is 3. The molecular weight excluding hydrogens is 222 g/mol. The Morgan fingerprint density at radius 2 is 1.83 bits per heavy atom. The highest BCUT2D eigenvalue weighted by molar-refractivity contribution is 5.85. The van der Waals surface area contributed by atoms with Crippen molar-refractivity contribution in [2.24, 2.45) is 0 Å². The second kappa shape index (κ2) is 4.08. The van der Waals surface area contributed by atoms with Gasteiger partial charge in [-0.3, -0.25) is 0 Å². The summed E-state index contributed by atoms with van der Waals surface area (Å²) in [7, 11) is 2.02. The van der Waals surface area contributed by atoms with Gasteiger partial charge in [-0.25, -0.2) is 0 Å². The van der Waals surface area contributed by atoms with Crippen LogP contribution in [-0.2, 0) is 0 Å². The third-order valence-electron chi connectivity index (χ3n) is 3.23. The summed E-state index contributed by atoms with van der Waals surface area (Å²) >= 11 is 0. The molecule has 0 saturated heterocycles. The fourth-order valence-corrected chi connectivity index (χ4v) is 2.43. The molecule has 3 nitrogen and oxygen atoms in total. The van der Waals surface area contributed by atoms with Crippen LogP contribution in [0.25, 0.3) is 0 Å². The zero-order valence-electron chi connectivity index (χ0n) is 10.2. The standard InChI is InChI=1S/C15H13N3/c1-17-11-18(13-7-3-2-4-8-13)14-9-5-6-12(10-16)15(14)17/h2-9H,11H2,1H3. The molecule has 0 amide bonds. The quantitative estimate of drug-likeness (QED) is 0.760. The first-order chi connectivity index (χ1) is 8.81. The van der Waals surface area contributed by atoms with Crippen LogP contribution >= 0.6 is 0 Å². The molecule has 3 heteroatoms. The van der Waals surface area contributed by atoms with E-state index in [1.807, 2.05) is 37.4 Å². The molecule has 1 aliphatic heterocycles. The Hall–Kier alpha value is -2.47. The van der Waals surface area contributed by atoms with Crippen LogP contribution in [-0.4, -0.2) is 13.7 Å². The molecule has 0 aliphatic carbocycles. The highest BCUT2D eigenvalue weighted by atomic mass is 15.4. The van der Waals surface area contributed by atoms with Crippen LogP contribution < -0.4 is 9.80 Å². The molecule has 18 heavy (non-hydrogen) atoms. The maximum Gasteiger partial charge on any atom is 0.101 e. The lowest BCUT2D eigenvalue weighted by molar-refractivity contribution is 0.949. The van der Waals surface area contributed by atoms with Crippen molar-refractivity contribution >= 4 is 17.1 Å². The Labute approximate surface area is 106 Å². The van der Waals surface area contributed by atoms with Crippen molar-refractivity contribution in [1.82, 2.24) is 0 Å². The smallest absolute Gasteiger partial charge is 0.101 e. The first-order valence-electron chi connectivity index (χ1n) is 5.88. The molecule has 0 atom stereocenters. The number of rotatable bonds is 1. The predicted molar refractivity (Wildman–Crippen MR) is 73.0 cm³/mol. The molecule has 3 rings (SSSR count). The molecule has 0 N–H and O–H groups in total. The van der Waals surface area contributed by atoms with Gasteiger partial charge in [0.15, 0.2) is 0 Å². The summed E-state index contributed by atoms with van der Waals surface area (Å²) in [5.41, 5.74) is 4.00. The Morgan fingerprint density at radius 3 is 2.56 bits per heavy atom. The fraction of sp³-hybridized carbons (Fsp3) is 0.133. The molecule has 0 radical (unpaired) electrons. The molecule has 2 aromatic carbocycles. The number of nitriles is 1. The van der Waals surface area contributed by atoms with Crippen LogP contribution in [0.2, 0.25) is 0 Å². The highest BCUT2D eigenvalue weighted by Crippen LogP contribution is 2.41. The minimum Gasteiger partial charge on any atom is -0.354 e. The second-order valence-electron chi connectivity index (χ2n) is 4.39. The summed E-state index contributed by atoms with van der Waals surface area (Å²) in [5, 5.41) is 9.18. The minimum absolute atomic E-state index is 0.730. The molecule has 0 saturated carbocycles. The largest absolute Gasteiger partial charge is 0.354 e. The molecule has 1 aliphatic rings. The van der Waals surface area contributed by atoms with Crippen molar-refractivity contribution in [1.29, 1.82) is 5.26 Å². The minimum atomic E-state index is 0.730. The van der Waals surface area contributed by atoms with Gasteiger partial charge in [0.1, 0.15) is 6.07 Å². The Bertz CT molecular complexity index is 613. The van der Waals surface area contributed by atoms with Crippen LogP contribution in [0, 0.1) is 11.3 Å². The van der Waals surface area contributed by atoms with Gasteiger partial charge >= 0.3 is 0 Å². The summed E-state index contributed by atoms with van der Waals surface area (Å²) in [4.78, 5) is 4.33. The third kappa shape index (κ3) is 1.51. The SMILES string of the molecule is CN1CN(c2ccccc2)c2cccc(C#N)c21. The monoisotopic (exact) mass is 235 g/mol. The summed E-state index contributed by atoms with van der Waals surface area (Å²) in [6.07, 6.45) is 0. The number of benzene rings is 2. The molecule has 2 aromatic rings. The maximum absolute atomic E-state index is 9.18. The predicted octanol–water partition coefficient (Wildman–Crippen LogP) is 3.10. The van der Waals surface area contributed by atoms with E-state index in [9.17, 15) is 5.26 Å². The number of fused-ring (bicyclic) bond motifs is 1. The van der Waals surface area contributed by atoms with Gasteiger partial charge in [0.2, 0.25) is 0 Å². The van der Waals surface area contributed by atoms with E-state index in [4.69, 9.17) is 0 Å². The average Bonchev–Trinajstić information content (AvgIpc) is 2.77. The van der Waals surface area contributed by atoms with Crippen molar-refractivity contribution in [3.8, 4) is 6.07 Å². The zero-order valence-corrected chi connectivity index (χ0v) is 10.2. The molecule has 0 aromatic heterocycles. The van der Waals surface area contributed by atoms with Gasteiger partial charge in [-0.1, -0.05) is 24.3 Å². The number of para-hydroxylation sites is 2. The van der Waals surface area contributed by atoms with Crippen molar-refractivity contribution in [3.05, 3.63) is 54.1 Å². The Balaban J connectivity index is 2.14. The first kappa shape index (κ1) is 10.7. The summed E-state index contributed by atoms with van der Waals surface area (Å²) in [5.74, 6) is 0. The van der Waals surface area contributed by atoms with Gasteiger partial charge in [-0.05, 0) is 24.3 Å². The summed E-state index contributed by atoms with van der Waals surface area (Å²) in [6.45, 7) is 0.776. The molecule has 0 unspecified atom stereocenters. The van der Waals surface area contributed by atoms with E-state index in [1.54, 1.807) is 0 Å². The van der Waals surface area contributed by atoms with Crippen LogP contribution in [0.1, 0.15) is 5.56 Å². The lowest BCUT2D eigenvalue weighted by Crippen LogP contribution is -2.24. The topological polar surface area (TPSA) is 30.3 Å². The van der Waals surface area contributed by atoms with Gasteiger partial charge in [0.25, 0.3) is 0 Å². The van der Waals surface area contributed by atoms with Crippen LogP contribution in [0.15, 0.2) is 48.5 Å². The van der Waals surface area contributed by atoms with Gasteiger partial charge < -0.3 is 9.80 Å². The van der Waals surface area contributed by atoms with Crippen molar-refractivity contribution in [2.45, 2.75) is 0 Å².